The molecule has 21 heavy (non-hydrogen) atoms. The molecule has 0 saturated carbocycles. The highest BCUT2D eigenvalue weighted by molar-refractivity contribution is 5.87. The quantitative estimate of drug-likeness (QED) is 0.798. The maximum Gasteiger partial charge on any atom is 0.335 e. The second-order valence-electron chi connectivity index (χ2n) is 4.80. The van der Waals surface area contributed by atoms with E-state index in [-0.39, 0.29) is 5.56 Å². The maximum absolute atomic E-state index is 10.8. The van der Waals surface area contributed by atoms with Gasteiger partial charge in [0, 0.05) is 23.6 Å². The van der Waals surface area contributed by atoms with Crippen LogP contribution in [0.5, 0.6) is 0 Å². The van der Waals surface area contributed by atoms with E-state index in [1.165, 1.54) is 0 Å². The Morgan fingerprint density at radius 2 is 1.90 bits per heavy atom. The lowest BCUT2D eigenvalue weighted by Gasteiger charge is -2.06. The number of carbonyl (C=O) groups is 1. The monoisotopic (exact) mass is 276 g/mol. The molecule has 0 bridgehead atoms. The predicted molar refractivity (Wildman–Crippen MR) is 79.2 cm³/mol. The van der Waals surface area contributed by atoms with Crippen molar-refractivity contribution in [2.24, 2.45) is 0 Å². The first-order valence-corrected chi connectivity index (χ1v) is 6.49. The van der Waals surface area contributed by atoms with E-state index < -0.39 is 5.97 Å². The van der Waals surface area contributed by atoms with Gasteiger partial charge in [0.25, 0.3) is 0 Å². The fourth-order valence-corrected chi connectivity index (χ4v) is 2.41. The molecule has 2 aromatic carbocycles. The Labute approximate surface area is 121 Å². The SMILES string of the molecule is N#Cc1cccc2c1ccn2Cc1ccc(C(=O)O)cc1. The van der Waals surface area contributed by atoms with Gasteiger partial charge in [-0.05, 0) is 35.9 Å². The normalized spacial score (nSPS) is 10.4. The fraction of sp³-hybridized carbons (Fsp3) is 0.0588. The maximum atomic E-state index is 10.8. The van der Waals surface area contributed by atoms with Gasteiger partial charge in [0.15, 0.2) is 0 Å². The number of aromatic carboxylic acids is 1. The van der Waals surface area contributed by atoms with Gasteiger partial charge in [0.2, 0.25) is 0 Å². The fourth-order valence-electron chi connectivity index (χ4n) is 2.41. The van der Waals surface area contributed by atoms with Gasteiger partial charge in [0.1, 0.15) is 0 Å². The number of rotatable bonds is 3. The summed E-state index contributed by atoms with van der Waals surface area (Å²) in [5, 5.41) is 18.9. The minimum atomic E-state index is -0.924. The molecule has 1 aromatic heterocycles. The molecular weight excluding hydrogens is 264 g/mol. The van der Waals surface area contributed by atoms with Crippen LogP contribution in [0.1, 0.15) is 21.5 Å². The molecule has 3 rings (SSSR count). The zero-order valence-electron chi connectivity index (χ0n) is 11.2. The molecule has 0 amide bonds. The third-order valence-corrected chi connectivity index (χ3v) is 3.49. The standard InChI is InChI=1S/C17H12N2O2/c18-10-14-2-1-3-16-15(14)8-9-19(16)11-12-4-6-13(7-5-12)17(20)21/h1-9H,11H2,(H,20,21). The lowest BCUT2D eigenvalue weighted by Crippen LogP contribution is -2.00. The first-order valence-electron chi connectivity index (χ1n) is 6.49. The lowest BCUT2D eigenvalue weighted by atomic mass is 10.1. The van der Waals surface area contributed by atoms with Gasteiger partial charge in [-0.25, -0.2) is 4.79 Å². The minimum Gasteiger partial charge on any atom is -0.478 e. The summed E-state index contributed by atoms with van der Waals surface area (Å²) in [6, 6.07) is 16.6. The number of aromatic nitrogens is 1. The van der Waals surface area contributed by atoms with Gasteiger partial charge < -0.3 is 9.67 Å². The average molecular weight is 276 g/mol. The Morgan fingerprint density at radius 1 is 1.14 bits per heavy atom. The number of nitrogens with zero attached hydrogens (tertiary/aromatic N) is 2. The number of nitriles is 1. The molecule has 0 radical (unpaired) electrons. The molecule has 3 aromatic rings. The van der Waals surface area contributed by atoms with E-state index in [0.29, 0.717) is 12.1 Å². The van der Waals surface area contributed by atoms with Crippen LogP contribution in [-0.2, 0) is 6.54 Å². The molecular formula is C17H12N2O2. The van der Waals surface area contributed by atoms with E-state index in [0.717, 1.165) is 16.5 Å². The van der Waals surface area contributed by atoms with Crippen molar-refractivity contribution in [2.45, 2.75) is 6.54 Å². The first kappa shape index (κ1) is 12.9. The van der Waals surface area contributed by atoms with Crippen LogP contribution in [0.25, 0.3) is 10.9 Å². The molecule has 0 saturated heterocycles. The van der Waals surface area contributed by atoms with E-state index in [1.54, 1.807) is 18.2 Å². The highest BCUT2D eigenvalue weighted by atomic mass is 16.4. The van der Waals surface area contributed by atoms with Crippen LogP contribution in [0.2, 0.25) is 0 Å². The van der Waals surface area contributed by atoms with Crippen LogP contribution in [0, 0.1) is 11.3 Å². The number of carboxylic acids is 1. The van der Waals surface area contributed by atoms with Crippen molar-refractivity contribution in [3.63, 3.8) is 0 Å². The topological polar surface area (TPSA) is 66.0 Å². The van der Waals surface area contributed by atoms with Crippen molar-refractivity contribution in [1.29, 1.82) is 5.26 Å². The molecule has 102 valence electrons. The summed E-state index contributed by atoms with van der Waals surface area (Å²) in [4.78, 5) is 10.8. The van der Waals surface area contributed by atoms with Crippen LogP contribution in [0.4, 0.5) is 0 Å². The van der Waals surface area contributed by atoms with Crippen molar-refractivity contribution in [1.82, 2.24) is 4.57 Å². The predicted octanol–water partition coefficient (Wildman–Crippen LogP) is 3.26. The molecule has 0 aliphatic heterocycles. The van der Waals surface area contributed by atoms with Crippen LogP contribution >= 0.6 is 0 Å². The van der Waals surface area contributed by atoms with Gasteiger partial charge in [-0.1, -0.05) is 18.2 Å². The molecule has 0 fully saturated rings. The first-order chi connectivity index (χ1) is 10.2. The summed E-state index contributed by atoms with van der Waals surface area (Å²) < 4.78 is 2.05. The molecule has 1 N–H and O–H groups in total. The van der Waals surface area contributed by atoms with E-state index >= 15 is 0 Å². The van der Waals surface area contributed by atoms with Crippen molar-refractivity contribution >= 4 is 16.9 Å². The smallest absolute Gasteiger partial charge is 0.335 e. The van der Waals surface area contributed by atoms with Gasteiger partial charge >= 0.3 is 5.97 Å². The van der Waals surface area contributed by atoms with Crippen LogP contribution < -0.4 is 0 Å². The number of fused-ring (bicyclic) bond motifs is 1. The molecule has 4 heteroatoms. The molecule has 4 nitrogen and oxygen atoms in total. The minimum absolute atomic E-state index is 0.280. The Bertz CT molecular complexity index is 855. The van der Waals surface area contributed by atoms with Crippen molar-refractivity contribution < 1.29 is 9.90 Å². The van der Waals surface area contributed by atoms with Crippen molar-refractivity contribution in [3.05, 3.63) is 71.4 Å². The molecule has 0 aliphatic rings. The summed E-state index contributed by atoms with van der Waals surface area (Å²) >= 11 is 0. The Hall–Kier alpha value is -3.06. The van der Waals surface area contributed by atoms with Crippen molar-refractivity contribution in [2.75, 3.05) is 0 Å². The Kier molecular flexibility index (Phi) is 3.17. The molecule has 0 atom stereocenters. The summed E-state index contributed by atoms with van der Waals surface area (Å²) in [7, 11) is 0. The molecule has 0 spiro atoms. The Balaban J connectivity index is 1.95. The number of benzene rings is 2. The average Bonchev–Trinajstić information content (AvgIpc) is 2.91. The molecule has 1 heterocycles. The second-order valence-corrected chi connectivity index (χ2v) is 4.80. The van der Waals surface area contributed by atoms with E-state index in [1.807, 2.05) is 41.1 Å². The van der Waals surface area contributed by atoms with E-state index in [9.17, 15) is 4.79 Å². The van der Waals surface area contributed by atoms with Gasteiger partial charge in [-0.2, -0.15) is 5.26 Å². The van der Waals surface area contributed by atoms with Crippen LogP contribution in [-0.4, -0.2) is 15.6 Å². The highest BCUT2D eigenvalue weighted by Crippen LogP contribution is 2.20. The van der Waals surface area contributed by atoms with Crippen LogP contribution in [0.3, 0.4) is 0 Å². The lowest BCUT2D eigenvalue weighted by molar-refractivity contribution is 0.0697. The zero-order valence-corrected chi connectivity index (χ0v) is 11.2. The number of hydrogen-bond donors (Lipinski definition) is 1. The zero-order chi connectivity index (χ0) is 14.8. The third kappa shape index (κ3) is 2.37. The van der Waals surface area contributed by atoms with E-state index in [4.69, 9.17) is 10.4 Å². The van der Waals surface area contributed by atoms with Gasteiger partial charge in [-0.15, -0.1) is 0 Å². The van der Waals surface area contributed by atoms with E-state index in [2.05, 4.69) is 6.07 Å². The summed E-state index contributed by atoms with van der Waals surface area (Å²) in [5.74, 6) is -0.924. The van der Waals surface area contributed by atoms with Gasteiger partial charge in [-0.3, -0.25) is 0 Å². The summed E-state index contributed by atoms with van der Waals surface area (Å²) in [5.41, 5.74) is 2.95. The number of hydrogen-bond acceptors (Lipinski definition) is 2. The molecule has 0 unspecified atom stereocenters. The largest absolute Gasteiger partial charge is 0.478 e. The molecule has 0 aliphatic carbocycles. The van der Waals surface area contributed by atoms with Crippen molar-refractivity contribution in [3.8, 4) is 6.07 Å². The summed E-state index contributed by atoms with van der Waals surface area (Å²) in [6.45, 7) is 0.637. The second kappa shape index (κ2) is 5.14. The third-order valence-electron chi connectivity index (χ3n) is 3.49. The number of carboxylic acid groups (broad SMARTS) is 1. The summed E-state index contributed by atoms with van der Waals surface area (Å²) in [6.07, 6.45) is 1.94. The van der Waals surface area contributed by atoms with Crippen LogP contribution in [0.15, 0.2) is 54.7 Å². The highest BCUT2D eigenvalue weighted by Gasteiger charge is 2.06. The Morgan fingerprint density at radius 3 is 2.57 bits per heavy atom. The van der Waals surface area contributed by atoms with Gasteiger partial charge in [0.05, 0.1) is 17.2 Å².